The van der Waals surface area contributed by atoms with Crippen LogP contribution in [0.3, 0.4) is 0 Å². The van der Waals surface area contributed by atoms with Gasteiger partial charge in [0.25, 0.3) is 0 Å². The maximum Gasteiger partial charge on any atom is 0.0931 e. The van der Waals surface area contributed by atoms with Crippen molar-refractivity contribution in [1.29, 1.82) is 0 Å². The molecule has 0 radical (unpaired) electrons. The van der Waals surface area contributed by atoms with Gasteiger partial charge in [-0.05, 0) is 25.0 Å². The third-order valence-corrected chi connectivity index (χ3v) is 3.56. The Morgan fingerprint density at radius 3 is 2.64 bits per heavy atom. The summed E-state index contributed by atoms with van der Waals surface area (Å²) in [6.45, 7) is 0. The standard InChI is InChI=1S/C8H9ClOS/c9-8-4-3-7(11-8)5-1-2-6(5)10/h3-6,10H,1-2H2. The van der Waals surface area contributed by atoms with E-state index in [0.717, 1.165) is 17.2 Å². The normalized spacial score (nSPS) is 30.0. The van der Waals surface area contributed by atoms with Gasteiger partial charge in [-0.15, -0.1) is 11.3 Å². The van der Waals surface area contributed by atoms with Crippen LogP contribution in [0.4, 0.5) is 0 Å². The summed E-state index contributed by atoms with van der Waals surface area (Å²) >= 11 is 7.35. The average Bonchev–Trinajstić information content (AvgIpc) is 2.33. The van der Waals surface area contributed by atoms with Crippen molar-refractivity contribution < 1.29 is 5.11 Å². The number of thiophene rings is 1. The number of hydrogen-bond donors (Lipinski definition) is 1. The van der Waals surface area contributed by atoms with Crippen molar-refractivity contribution >= 4 is 22.9 Å². The maximum absolute atomic E-state index is 9.33. The molecule has 0 saturated heterocycles. The van der Waals surface area contributed by atoms with Crippen molar-refractivity contribution in [3.63, 3.8) is 0 Å². The minimum Gasteiger partial charge on any atom is -0.392 e. The van der Waals surface area contributed by atoms with Crippen molar-refractivity contribution in [1.82, 2.24) is 0 Å². The van der Waals surface area contributed by atoms with E-state index in [4.69, 9.17) is 11.6 Å². The van der Waals surface area contributed by atoms with Crippen LogP contribution >= 0.6 is 22.9 Å². The lowest BCUT2D eigenvalue weighted by Crippen LogP contribution is -2.27. The molecule has 1 fully saturated rings. The zero-order valence-corrected chi connectivity index (χ0v) is 7.53. The van der Waals surface area contributed by atoms with E-state index < -0.39 is 0 Å². The highest BCUT2D eigenvalue weighted by Crippen LogP contribution is 2.40. The molecular formula is C8H9ClOS. The second-order valence-corrected chi connectivity index (χ2v) is 4.64. The highest BCUT2D eigenvalue weighted by atomic mass is 35.5. The first kappa shape index (κ1) is 7.59. The third kappa shape index (κ3) is 1.31. The van der Waals surface area contributed by atoms with Gasteiger partial charge in [-0.2, -0.15) is 0 Å². The van der Waals surface area contributed by atoms with E-state index in [1.54, 1.807) is 11.3 Å². The number of halogens is 1. The van der Waals surface area contributed by atoms with Crippen LogP contribution < -0.4 is 0 Å². The van der Waals surface area contributed by atoms with Crippen LogP contribution in [0.15, 0.2) is 12.1 Å². The fourth-order valence-corrected chi connectivity index (χ4v) is 2.60. The van der Waals surface area contributed by atoms with Gasteiger partial charge in [-0.3, -0.25) is 0 Å². The highest BCUT2D eigenvalue weighted by Gasteiger charge is 2.31. The molecule has 1 heterocycles. The van der Waals surface area contributed by atoms with Crippen LogP contribution in [0, 0.1) is 0 Å². The second-order valence-electron chi connectivity index (χ2n) is 2.89. The summed E-state index contributed by atoms with van der Waals surface area (Å²) in [5, 5.41) is 9.33. The SMILES string of the molecule is OC1CCC1c1ccc(Cl)s1. The lowest BCUT2D eigenvalue weighted by molar-refractivity contribution is 0.0677. The van der Waals surface area contributed by atoms with E-state index in [0.29, 0.717) is 5.92 Å². The maximum atomic E-state index is 9.33. The molecule has 0 aromatic carbocycles. The fourth-order valence-electron chi connectivity index (χ4n) is 1.34. The number of hydrogen-bond acceptors (Lipinski definition) is 2. The van der Waals surface area contributed by atoms with Crippen LogP contribution in [0.5, 0.6) is 0 Å². The molecule has 1 aromatic heterocycles. The largest absolute Gasteiger partial charge is 0.392 e. The van der Waals surface area contributed by atoms with Crippen molar-refractivity contribution in [2.45, 2.75) is 24.9 Å². The predicted molar refractivity (Wildman–Crippen MR) is 47.3 cm³/mol. The molecule has 2 atom stereocenters. The van der Waals surface area contributed by atoms with Crippen LogP contribution in [0.2, 0.25) is 4.34 Å². The fraction of sp³-hybridized carbons (Fsp3) is 0.500. The zero-order chi connectivity index (χ0) is 7.84. The van der Waals surface area contributed by atoms with Gasteiger partial charge in [0.2, 0.25) is 0 Å². The summed E-state index contributed by atoms with van der Waals surface area (Å²) in [6.07, 6.45) is 1.93. The van der Waals surface area contributed by atoms with Crippen LogP contribution in [-0.4, -0.2) is 11.2 Å². The minimum atomic E-state index is -0.121. The molecule has 11 heavy (non-hydrogen) atoms. The quantitative estimate of drug-likeness (QED) is 0.719. The zero-order valence-electron chi connectivity index (χ0n) is 5.96. The minimum absolute atomic E-state index is 0.121. The van der Waals surface area contributed by atoms with Gasteiger partial charge in [0, 0.05) is 10.8 Å². The number of rotatable bonds is 1. The van der Waals surface area contributed by atoms with Gasteiger partial charge in [-0.1, -0.05) is 11.6 Å². The van der Waals surface area contributed by atoms with Crippen LogP contribution in [0.25, 0.3) is 0 Å². The molecule has 1 aliphatic carbocycles. The summed E-state index contributed by atoms with van der Waals surface area (Å²) < 4.78 is 0.819. The van der Waals surface area contributed by atoms with Crippen LogP contribution in [-0.2, 0) is 0 Å². The summed E-state index contributed by atoms with van der Waals surface area (Å²) in [7, 11) is 0. The van der Waals surface area contributed by atoms with Gasteiger partial charge in [0.05, 0.1) is 10.4 Å². The molecule has 0 amide bonds. The molecule has 1 saturated carbocycles. The third-order valence-electron chi connectivity index (χ3n) is 2.20. The van der Waals surface area contributed by atoms with E-state index in [1.807, 2.05) is 12.1 Å². The Bertz CT molecular complexity index is 258. The molecule has 2 unspecified atom stereocenters. The molecule has 1 N–H and O–H groups in total. The lowest BCUT2D eigenvalue weighted by atomic mass is 9.81. The summed E-state index contributed by atoms with van der Waals surface area (Å²) in [6, 6.07) is 3.91. The Morgan fingerprint density at radius 1 is 1.45 bits per heavy atom. The second kappa shape index (κ2) is 2.77. The molecule has 1 aliphatic rings. The Kier molecular flexibility index (Phi) is 1.91. The van der Waals surface area contributed by atoms with E-state index in [9.17, 15) is 5.11 Å². The number of aliphatic hydroxyl groups excluding tert-OH is 1. The molecule has 0 bridgehead atoms. The topological polar surface area (TPSA) is 20.2 Å². The predicted octanol–water partition coefficient (Wildman–Crippen LogP) is 2.64. The van der Waals surface area contributed by atoms with Crippen molar-refractivity contribution in [2.24, 2.45) is 0 Å². The first-order valence-electron chi connectivity index (χ1n) is 3.70. The van der Waals surface area contributed by atoms with Gasteiger partial charge in [0.15, 0.2) is 0 Å². The molecule has 0 spiro atoms. The van der Waals surface area contributed by atoms with E-state index in [2.05, 4.69) is 0 Å². The van der Waals surface area contributed by atoms with Crippen molar-refractivity contribution in [3.05, 3.63) is 21.3 Å². The molecular weight excluding hydrogens is 180 g/mol. The highest BCUT2D eigenvalue weighted by molar-refractivity contribution is 7.16. The Hall–Kier alpha value is -0.0500. The van der Waals surface area contributed by atoms with Crippen molar-refractivity contribution in [2.75, 3.05) is 0 Å². The van der Waals surface area contributed by atoms with Gasteiger partial charge in [0.1, 0.15) is 0 Å². The molecule has 2 rings (SSSR count). The summed E-state index contributed by atoms with van der Waals surface area (Å²) in [4.78, 5) is 1.23. The summed E-state index contributed by atoms with van der Waals surface area (Å²) in [5.74, 6) is 0.368. The van der Waals surface area contributed by atoms with Crippen LogP contribution in [0.1, 0.15) is 23.6 Å². The van der Waals surface area contributed by atoms with Gasteiger partial charge >= 0.3 is 0 Å². The molecule has 60 valence electrons. The Labute approximate surface area is 74.6 Å². The molecule has 1 nitrogen and oxygen atoms in total. The van der Waals surface area contributed by atoms with Gasteiger partial charge in [-0.25, -0.2) is 0 Å². The summed E-state index contributed by atoms with van der Waals surface area (Å²) in [5.41, 5.74) is 0. The average molecular weight is 189 g/mol. The first-order chi connectivity index (χ1) is 5.27. The molecule has 0 aliphatic heterocycles. The van der Waals surface area contributed by atoms with Gasteiger partial charge < -0.3 is 5.11 Å². The van der Waals surface area contributed by atoms with Crippen molar-refractivity contribution in [3.8, 4) is 0 Å². The Morgan fingerprint density at radius 2 is 2.27 bits per heavy atom. The monoisotopic (exact) mass is 188 g/mol. The smallest absolute Gasteiger partial charge is 0.0931 e. The van der Waals surface area contributed by atoms with E-state index in [1.165, 1.54) is 4.88 Å². The molecule has 1 aromatic rings. The molecule has 3 heteroatoms. The number of aliphatic hydroxyl groups is 1. The lowest BCUT2D eigenvalue weighted by Gasteiger charge is -2.31. The first-order valence-corrected chi connectivity index (χ1v) is 4.90. The van der Waals surface area contributed by atoms with E-state index in [-0.39, 0.29) is 6.10 Å². The van der Waals surface area contributed by atoms with E-state index >= 15 is 0 Å². The Balaban J connectivity index is 2.16.